The molecule has 4 rings (SSSR count). The summed E-state index contributed by atoms with van der Waals surface area (Å²) in [6.07, 6.45) is -2.27. The van der Waals surface area contributed by atoms with Crippen LogP contribution in [0.2, 0.25) is 0 Å². The topological polar surface area (TPSA) is 59.8 Å². The monoisotopic (exact) mass is 432 g/mol. The van der Waals surface area contributed by atoms with Crippen molar-refractivity contribution in [2.75, 3.05) is 5.32 Å². The third-order valence-electron chi connectivity index (χ3n) is 4.75. The summed E-state index contributed by atoms with van der Waals surface area (Å²) in [7, 11) is 0. The van der Waals surface area contributed by atoms with E-state index in [-0.39, 0.29) is 5.91 Å². The Kier molecular flexibility index (Phi) is 5.55. The number of aromatic nitrogens is 3. The van der Waals surface area contributed by atoms with Crippen LogP contribution in [0.5, 0.6) is 0 Å². The second-order valence-electron chi connectivity index (χ2n) is 7.11. The second-order valence-corrected chi connectivity index (χ2v) is 8.42. The minimum atomic E-state index is -4.41. The number of rotatable bonds is 6. The van der Waals surface area contributed by atoms with Crippen LogP contribution >= 0.6 is 11.8 Å². The van der Waals surface area contributed by atoms with Crippen molar-refractivity contribution in [1.82, 2.24) is 14.8 Å². The summed E-state index contributed by atoms with van der Waals surface area (Å²) >= 11 is 1.26. The lowest BCUT2D eigenvalue weighted by Gasteiger charge is -2.14. The molecular weight excluding hydrogens is 413 g/mol. The molecule has 30 heavy (non-hydrogen) atoms. The molecule has 156 valence electrons. The minimum absolute atomic E-state index is 0.309. The predicted molar refractivity (Wildman–Crippen MR) is 109 cm³/mol. The average molecular weight is 432 g/mol. The number of para-hydroxylation sites is 1. The summed E-state index contributed by atoms with van der Waals surface area (Å²) in [5.41, 5.74) is 0.484. The Morgan fingerprint density at radius 1 is 1.10 bits per heavy atom. The highest BCUT2D eigenvalue weighted by Gasteiger charge is 2.32. The summed E-state index contributed by atoms with van der Waals surface area (Å²) < 4.78 is 40.0. The Labute approximate surface area is 175 Å². The third-order valence-corrected chi connectivity index (χ3v) is 5.79. The zero-order valence-electron chi connectivity index (χ0n) is 16.1. The van der Waals surface area contributed by atoms with Crippen molar-refractivity contribution in [3.63, 3.8) is 0 Å². The molecule has 3 aromatic rings. The molecule has 1 saturated carbocycles. The summed E-state index contributed by atoms with van der Waals surface area (Å²) in [5, 5.41) is 11.4. The van der Waals surface area contributed by atoms with Crippen LogP contribution in [0.1, 0.15) is 37.1 Å². The maximum Gasteiger partial charge on any atom is 0.416 e. The number of hydrogen-bond donors (Lipinski definition) is 1. The van der Waals surface area contributed by atoms with Gasteiger partial charge in [-0.2, -0.15) is 13.2 Å². The van der Waals surface area contributed by atoms with Crippen molar-refractivity contribution in [2.24, 2.45) is 0 Å². The van der Waals surface area contributed by atoms with E-state index in [2.05, 4.69) is 15.5 Å². The van der Waals surface area contributed by atoms with Gasteiger partial charge >= 0.3 is 6.18 Å². The summed E-state index contributed by atoms with van der Waals surface area (Å²) in [6.45, 7) is 1.73. The first-order valence-electron chi connectivity index (χ1n) is 9.48. The van der Waals surface area contributed by atoms with Crippen LogP contribution in [0.15, 0.2) is 59.8 Å². The highest BCUT2D eigenvalue weighted by atomic mass is 32.2. The molecule has 5 nitrogen and oxygen atoms in total. The average Bonchev–Trinajstić information content (AvgIpc) is 3.48. The maximum absolute atomic E-state index is 12.7. The van der Waals surface area contributed by atoms with Gasteiger partial charge in [0.15, 0.2) is 5.16 Å². The maximum atomic E-state index is 12.7. The molecule has 0 saturated heterocycles. The number of thioether (sulfide) groups is 1. The SMILES string of the molecule is CC(Sc1nnc(C2CC2)n1-c1ccccc1)C(=O)Nc1ccc(C(F)(F)F)cc1. The first kappa shape index (κ1) is 20.5. The van der Waals surface area contributed by atoms with Gasteiger partial charge < -0.3 is 5.32 Å². The fraction of sp³-hybridized carbons (Fsp3) is 0.286. The van der Waals surface area contributed by atoms with Crippen LogP contribution in [0.3, 0.4) is 0 Å². The number of amides is 1. The lowest BCUT2D eigenvalue weighted by atomic mass is 10.2. The Morgan fingerprint density at radius 3 is 2.37 bits per heavy atom. The normalized spacial score (nSPS) is 15.1. The molecule has 0 aliphatic heterocycles. The molecule has 1 aliphatic rings. The van der Waals surface area contributed by atoms with E-state index in [1.54, 1.807) is 6.92 Å². The van der Waals surface area contributed by atoms with Gasteiger partial charge in [-0.1, -0.05) is 30.0 Å². The molecule has 1 aromatic heterocycles. The van der Waals surface area contributed by atoms with E-state index in [1.165, 1.54) is 23.9 Å². The highest BCUT2D eigenvalue weighted by molar-refractivity contribution is 8.00. The Bertz CT molecular complexity index is 1030. The van der Waals surface area contributed by atoms with E-state index in [0.29, 0.717) is 16.8 Å². The van der Waals surface area contributed by atoms with Gasteiger partial charge in [0.05, 0.1) is 10.8 Å². The van der Waals surface area contributed by atoms with Gasteiger partial charge in [0.2, 0.25) is 5.91 Å². The number of anilines is 1. The van der Waals surface area contributed by atoms with Gasteiger partial charge in [0.1, 0.15) is 5.82 Å². The number of hydrogen-bond acceptors (Lipinski definition) is 4. The van der Waals surface area contributed by atoms with Gasteiger partial charge in [-0.25, -0.2) is 0 Å². The van der Waals surface area contributed by atoms with E-state index >= 15 is 0 Å². The van der Waals surface area contributed by atoms with Crippen molar-refractivity contribution < 1.29 is 18.0 Å². The first-order chi connectivity index (χ1) is 14.3. The van der Waals surface area contributed by atoms with E-state index < -0.39 is 17.0 Å². The molecule has 0 radical (unpaired) electrons. The van der Waals surface area contributed by atoms with E-state index in [1.807, 2.05) is 34.9 Å². The highest BCUT2D eigenvalue weighted by Crippen LogP contribution is 2.41. The van der Waals surface area contributed by atoms with E-state index in [9.17, 15) is 18.0 Å². The van der Waals surface area contributed by atoms with Crippen LogP contribution in [-0.2, 0) is 11.0 Å². The molecule has 9 heteroatoms. The van der Waals surface area contributed by atoms with E-state index in [4.69, 9.17) is 0 Å². The molecule has 1 N–H and O–H groups in total. The van der Waals surface area contributed by atoms with Gasteiger partial charge in [-0.15, -0.1) is 10.2 Å². The number of halogens is 3. The fourth-order valence-electron chi connectivity index (χ4n) is 2.98. The zero-order chi connectivity index (χ0) is 21.3. The van der Waals surface area contributed by atoms with Crippen molar-refractivity contribution in [1.29, 1.82) is 0 Å². The van der Waals surface area contributed by atoms with Crippen molar-refractivity contribution >= 4 is 23.4 Å². The quantitative estimate of drug-likeness (QED) is 0.538. The van der Waals surface area contributed by atoms with Crippen LogP contribution < -0.4 is 5.32 Å². The largest absolute Gasteiger partial charge is 0.416 e. The lowest BCUT2D eigenvalue weighted by Crippen LogP contribution is -2.23. The molecule has 1 amide bonds. The Morgan fingerprint density at radius 2 is 1.77 bits per heavy atom. The van der Waals surface area contributed by atoms with Crippen LogP contribution in [0.25, 0.3) is 5.69 Å². The smallest absolute Gasteiger partial charge is 0.325 e. The predicted octanol–water partition coefficient (Wildman–Crippen LogP) is 5.28. The van der Waals surface area contributed by atoms with Crippen molar-refractivity contribution in [2.45, 2.75) is 42.3 Å². The van der Waals surface area contributed by atoms with Gasteiger partial charge in [-0.3, -0.25) is 9.36 Å². The standard InChI is InChI=1S/C21H19F3N4OS/c1-13(19(29)25-16-11-9-15(10-12-16)21(22,23)24)30-20-27-26-18(14-7-8-14)28(20)17-5-3-2-4-6-17/h2-6,9-14H,7-8H2,1H3,(H,25,29). The van der Waals surface area contributed by atoms with Gasteiger partial charge in [0, 0.05) is 17.3 Å². The lowest BCUT2D eigenvalue weighted by molar-refractivity contribution is -0.137. The Hall–Kier alpha value is -2.81. The first-order valence-corrected chi connectivity index (χ1v) is 10.4. The minimum Gasteiger partial charge on any atom is -0.325 e. The molecule has 0 spiro atoms. The summed E-state index contributed by atoms with van der Waals surface area (Å²) in [4.78, 5) is 12.6. The molecule has 1 heterocycles. The van der Waals surface area contributed by atoms with Gasteiger partial charge in [-0.05, 0) is 56.2 Å². The Balaban J connectivity index is 1.49. The zero-order valence-corrected chi connectivity index (χ0v) is 16.9. The second kappa shape index (κ2) is 8.14. The molecule has 1 aliphatic carbocycles. The number of nitrogens with one attached hydrogen (secondary N) is 1. The number of carbonyl (C=O) groups excluding carboxylic acids is 1. The third kappa shape index (κ3) is 4.51. The summed E-state index contributed by atoms with van der Waals surface area (Å²) in [6, 6.07) is 14.1. The van der Waals surface area contributed by atoms with Crippen molar-refractivity contribution in [3.05, 3.63) is 66.0 Å². The molecule has 0 bridgehead atoms. The number of nitrogens with zero attached hydrogens (tertiary/aromatic N) is 3. The number of benzene rings is 2. The van der Waals surface area contributed by atoms with Crippen molar-refractivity contribution in [3.8, 4) is 5.69 Å². The molecule has 1 unspecified atom stereocenters. The van der Waals surface area contributed by atoms with Gasteiger partial charge in [0.25, 0.3) is 0 Å². The van der Waals surface area contributed by atoms with Crippen LogP contribution in [-0.4, -0.2) is 25.9 Å². The number of carbonyl (C=O) groups is 1. The van der Waals surface area contributed by atoms with Crippen LogP contribution in [0.4, 0.5) is 18.9 Å². The molecule has 1 fully saturated rings. The van der Waals surface area contributed by atoms with E-state index in [0.717, 1.165) is 36.5 Å². The summed E-state index contributed by atoms with van der Waals surface area (Å²) in [5.74, 6) is 0.942. The van der Waals surface area contributed by atoms with Crippen LogP contribution in [0, 0.1) is 0 Å². The molecule has 1 atom stereocenters. The molecule has 2 aromatic carbocycles. The molecular formula is C21H19F3N4OS. The fourth-order valence-corrected chi connectivity index (χ4v) is 3.86. The number of alkyl halides is 3.